The molecule has 0 amide bonds. The number of carbonyl (C=O) groups excluding carboxylic acids is 2. The molecule has 0 radical (unpaired) electrons. The lowest BCUT2D eigenvalue weighted by molar-refractivity contribution is -0.120. The summed E-state index contributed by atoms with van der Waals surface area (Å²) in [5, 5.41) is 11.1. The number of rotatable bonds is 12. The molecule has 1 aliphatic rings. The Kier molecular flexibility index (Phi) is 9.48. The van der Waals surface area contributed by atoms with Crippen LogP contribution in [0.5, 0.6) is 5.75 Å². The predicted octanol–water partition coefficient (Wildman–Crippen LogP) is 4.19. The standard InChI is InChI=1S/C25H30Br2N5O7P/c1-14(16(3)34)11-40(36,39-18-7-5-4-6-17(18)9-8-15(2)33)37-10-19-21(35)25(26,27)24(38-19)32-13-31-20-22(28)29-12-30-23(20)32/h4-7,12-14,19,21,24,35H,8-11H2,1-3H3,(H2,28,29,30)/t14-,19-,21+,24-,40?/m1/s1. The van der Waals surface area contributed by atoms with E-state index in [1.54, 1.807) is 35.8 Å². The van der Waals surface area contributed by atoms with Crippen LogP contribution >= 0.6 is 39.5 Å². The van der Waals surface area contributed by atoms with Crippen molar-refractivity contribution in [2.45, 2.75) is 55.3 Å². The number of nitrogen functional groups attached to an aromatic ring is 1. The number of hydrogen-bond acceptors (Lipinski definition) is 11. The number of imidazole rings is 1. The molecule has 216 valence electrons. The van der Waals surface area contributed by atoms with Crippen LogP contribution in [0.2, 0.25) is 0 Å². The van der Waals surface area contributed by atoms with Gasteiger partial charge in [0.1, 0.15) is 41.4 Å². The zero-order valence-corrected chi connectivity index (χ0v) is 26.1. The molecule has 0 bridgehead atoms. The fraction of sp³-hybridized carbons (Fsp3) is 0.480. The number of carbonyl (C=O) groups is 2. The molecule has 40 heavy (non-hydrogen) atoms. The van der Waals surface area contributed by atoms with E-state index in [1.165, 1.54) is 26.5 Å². The van der Waals surface area contributed by atoms with Gasteiger partial charge in [0.2, 0.25) is 0 Å². The molecular formula is C25H30Br2N5O7P. The van der Waals surface area contributed by atoms with E-state index < -0.39 is 35.2 Å². The summed E-state index contributed by atoms with van der Waals surface area (Å²) in [4.78, 5) is 36.0. The van der Waals surface area contributed by atoms with Crippen molar-refractivity contribution < 1.29 is 33.0 Å². The highest BCUT2D eigenvalue weighted by atomic mass is 79.9. The van der Waals surface area contributed by atoms with Gasteiger partial charge in [0.05, 0.1) is 19.1 Å². The number of aryl methyl sites for hydroxylation is 1. The first-order valence-corrected chi connectivity index (χ1v) is 15.8. The van der Waals surface area contributed by atoms with Gasteiger partial charge >= 0.3 is 7.60 Å². The van der Waals surface area contributed by atoms with Crippen LogP contribution in [0, 0.1) is 5.92 Å². The Hall–Kier alpha value is -2.22. The van der Waals surface area contributed by atoms with Crippen molar-refractivity contribution in [1.82, 2.24) is 19.5 Å². The lowest BCUT2D eigenvalue weighted by Crippen LogP contribution is -2.37. The number of benzene rings is 1. The predicted molar refractivity (Wildman–Crippen MR) is 155 cm³/mol. The van der Waals surface area contributed by atoms with Crippen molar-refractivity contribution in [2.75, 3.05) is 18.5 Å². The number of hydrogen-bond donors (Lipinski definition) is 2. The van der Waals surface area contributed by atoms with E-state index in [-0.39, 0.29) is 36.6 Å². The summed E-state index contributed by atoms with van der Waals surface area (Å²) >= 11 is 7.01. The van der Waals surface area contributed by atoms with Gasteiger partial charge in [-0.3, -0.25) is 13.9 Å². The molecule has 1 aliphatic heterocycles. The third-order valence-corrected chi connectivity index (χ3v) is 10.3. The van der Waals surface area contributed by atoms with E-state index in [4.69, 9.17) is 19.5 Å². The van der Waals surface area contributed by atoms with Gasteiger partial charge in [-0.1, -0.05) is 57.0 Å². The molecule has 15 heteroatoms. The number of ether oxygens (including phenoxy) is 1. The van der Waals surface area contributed by atoms with Crippen LogP contribution in [0.3, 0.4) is 0 Å². The second-order valence-electron chi connectivity index (χ2n) is 9.73. The highest BCUT2D eigenvalue weighted by molar-refractivity contribution is 9.25. The van der Waals surface area contributed by atoms with Gasteiger partial charge in [-0.15, -0.1) is 0 Å². The largest absolute Gasteiger partial charge is 0.424 e. The van der Waals surface area contributed by atoms with Crippen molar-refractivity contribution in [3.63, 3.8) is 0 Å². The molecule has 12 nitrogen and oxygen atoms in total. The summed E-state index contributed by atoms with van der Waals surface area (Å²) in [7, 11) is -3.96. The Morgan fingerprint density at radius 2 is 1.98 bits per heavy atom. The zero-order chi connectivity index (χ0) is 29.2. The average Bonchev–Trinajstić information content (AvgIpc) is 3.41. The number of fused-ring (bicyclic) bond motifs is 1. The van der Waals surface area contributed by atoms with E-state index in [2.05, 4.69) is 46.8 Å². The van der Waals surface area contributed by atoms with Crippen molar-refractivity contribution in [1.29, 1.82) is 0 Å². The number of nitrogens with zero attached hydrogens (tertiary/aromatic N) is 4. The number of alkyl halides is 2. The number of halogens is 2. The van der Waals surface area contributed by atoms with Crippen LogP contribution in [-0.4, -0.2) is 64.4 Å². The summed E-state index contributed by atoms with van der Waals surface area (Å²) in [6.07, 6.45) is 0.233. The molecule has 0 spiro atoms. The molecule has 0 saturated carbocycles. The minimum atomic E-state index is -3.96. The summed E-state index contributed by atoms with van der Waals surface area (Å²) in [5.74, 6) is -0.299. The molecule has 1 unspecified atom stereocenters. The first kappa shape index (κ1) is 30.7. The van der Waals surface area contributed by atoms with E-state index in [9.17, 15) is 19.3 Å². The molecule has 3 N–H and O–H groups in total. The van der Waals surface area contributed by atoms with Gasteiger partial charge in [0.15, 0.2) is 20.9 Å². The lowest BCUT2D eigenvalue weighted by atomic mass is 10.1. The number of nitrogens with two attached hydrogens (primary N) is 1. The Bertz CT molecular complexity index is 1450. The van der Waals surface area contributed by atoms with Gasteiger partial charge in [-0.05, 0) is 31.9 Å². The number of anilines is 1. The van der Waals surface area contributed by atoms with Crippen LogP contribution in [0.15, 0.2) is 36.9 Å². The summed E-state index contributed by atoms with van der Waals surface area (Å²) in [6.45, 7) is 4.21. The third kappa shape index (κ3) is 6.63. The van der Waals surface area contributed by atoms with Crippen LogP contribution < -0.4 is 10.3 Å². The highest BCUT2D eigenvalue weighted by Gasteiger charge is 2.55. The fourth-order valence-corrected chi connectivity index (χ4v) is 7.43. The second-order valence-corrected chi connectivity index (χ2v) is 15.4. The topological polar surface area (TPSA) is 169 Å². The van der Waals surface area contributed by atoms with Gasteiger partial charge < -0.3 is 24.9 Å². The van der Waals surface area contributed by atoms with Crippen molar-refractivity contribution in [3.05, 3.63) is 42.5 Å². The van der Waals surface area contributed by atoms with Crippen LogP contribution in [0.25, 0.3) is 11.2 Å². The zero-order valence-electron chi connectivity index (χ0n) is 22.1. The molecule has 5 atom stereocenters. The molecule has 1 saturated heterocycles. The highest BCUT2D eigenvalue weighted by Crippen LogP contribution is 2.54. The van der Waals surface area contributed by atoms with Crippen LogP contribution in [-0.2, 0) is 29.8 Å². The van der Waals surface area contributed by atoms with Gasteiger partial charge in [0.25, 0.3) is 0 Å². The van der Waals surface area contributed by atoms with E-state index in [1.807, 2.05) is 0 Å². The Labute approximate surface area is 247 Å². The number of aliphatic hydroxyl groups is 1. The normalized spacial score (nSPS) is 22.6. The van der Waals surface area contributed by atoms with Crippen LogP contribution in [0.4, 0.5) is 5.82 Å². The molecule has 1 fully saturated rings. The number of para-hydroxylation sites is 1. The van der Waals surface area contributed by atoms with Gasteiger partial charge in [-0.25, -0.2) is 19.5 Å². The van der Waals surface area contributed by atoms with Gasteiger partial charge in [0, 0.05) is 12.3 Å². The van der Waals surface area contributed by atoms with E-state index in [0.29, 0.717) is 28.9 Å². The number of aliphatic hydroxyl groups excluding tert-OH is 1. The summed E-state index contributed by atoms with van der Waals surface area (Å²) in [6, 6.07) is 6.93. The Morgan fingerprint density at radius 1 is 1.25 bits per heavy atom. The number of aromatic nitrogens is 4. The first-order chi connectivity index (χ1) is 18.8. The monoisotopic (exact) mass is 701 g/mol. The number of ketones is 2. The average molecular weight is 703 g/mol. The summed E-state index contributed by atoms with van der Waals surface area (Å²) in [5.41, 5.74) is 7.35. The van der Waals surface area contributed by atoms with Crippen molar-refractivity contribution in [2.24, 2.45) is 5.92 Å². The van der Waals surface area contributed by atoms with Gasteiger partial charge in [-0.2, -0.15) is 0 Å². The molecule has 0 aliphatic carbocycles. The van der Waals surface area contributed by atoms with Crippen molar-refractivity contribution >= 4 is 68.0 Å². The Morgan fingerprint density at radius 3 is 2.67 bits per heavy atom. The molecule has 3 heterocycles. The maximum Gasteiger partial charge on any atom is 0.380 e. The minimum absolute atomic E-state index is 0.00853. The molecule has 4 rings (SSSR count). The fourth-order valence-electron chi connectivity index (χ4n) is 4.17. The maximum atomic E-state index is 14.1. The molecular weight excluding hydrogens is 673 g/mol. The van der Waals surface area contributed by atoms with E-state index >= 15 is 0 Å². The summed E-state index contributed by atoms with van der Waals surface area (Å²) < 4.78 is 32.4. The smallest absolute Gasteiger partial charge is 0.380 e. The SMILES string of the molecule is CC(=O)CCc1ccccc1OP(=O)(C[C@@H](C)C(C)=O)OC[C@H]1O[C@@H](n2cnc3c(N)ncnc32)C(Br)(Br)[C@H]1O. The maximum absolute atomic E-state index is 14.1. The first-order valence-electron chi connectivity index (χ1n) is 12.5. The van der Waals surface area contributed by atoms with Crippen molar-refractivity contribution in [3.8, 4) is 5.75 Å². The molecule has 1 aromatic carbocycles. The third-order valence-electron chi connectivity index (χ3n) is 6.60. The van der Waals surface area contributed by atoms with Crippen LogP contribution in [0.1, 0.15) is 39.0 Å². The van der Waals surface area contributed by atoms with E-state index in [0.717, 1.165) is 0 Å². The second kappa shape index (κ2) is 12.3. The molecule has 2 aromatic heterocycles. The minimum Gasteiger partial charge on any atom is -0.424 e. The number of Topliss-reactive ketones (excluding diaryl/α,β-unsaturated/α-hetero) is 2. The quantitative estimate of drug-likeness (QED) is 0.205. The lowest BCUT2D eigenvalue weighted by Gasteiger charge is -2.25. The Balaban J connectivity index is 1.57. The molecule has 3 aromatic rings.